The molecule has 0 aliphatic carbocycles. The van der Waals surface area contributed by atoms with Gasteiger partial charge in [0.2, 0.25) is 11.9 Å². The van der Waals surface area contributed by atoms with Gasteiger partial charge in [0.1, 0.15) is 11.4 Å². The number of carbonyl (C=O) groups excluding carboxylic acids is 1. The maximum absolute atomic E-state index is 12.9. The fourth-order valence-corrected chi connectivity index (χ4v) is 2.34. The van der Waals surface area contributed by atoms with Crippen molar-refractivity contribution in [1.29, 1.82) is 0 Å². The first-order valence-corrected chi connectivity index (χ1v) is 8.91. The van der Waals surface area contributed by atoms with Crippen LogP contribution in [-0.4, -0.2) is 63.5 Å². The van der Waals surface area contributed by atoms with Crippen LogP contribution < -0.4 is 15.8 Å². The average molecular weight is 487 g/mol. The molecule has 9 nitrogen and oxygen atoms in total. The van der Waals surface area contributed by atoms with Crippen LogP contribution in [0.1, 0.15) is 34.9 Å². The number of nitrogens with one attached hydrogen (secondary N) is 2. The first-order chi connectivity index (χ1) is 18.5. The zero-order valence-corrected chi connectivity index (χ0v) is 16.2. The molecule has 180 valence electrons. The molecule has 33 heavy (non-hydrogen) atoms. The third-order valence-corrected chi connectivity index (χ3v) is 3.94. The van der Waals surface area contributed by atoms with Crippen molar-refractivity contribution in [1.82, 2.24) is 25.1 Å². The molecular weight excluding hydrogens is 460 g/mol. The van der Waals surface area contributed by atoms with Crippen LogP contribution in [0, 0.1) is 0 Å². The number of piperazine rings is 1. The maximum Gasteiger partial charge on any atom is 0.421 e. The van der Waals surface area contributed by atoms with Gasteiger partial charge in [0, 0.05) is 57.4 Å². The van der Waals surface area contributed by atoms with E-state index in [1.54, 1.807) is 5.10 Å². The number of anilines is 2. The van der Waals surface area contributed by atoms with Gasteiger partial charge in [-0.3, -0.25) is 9.59 Å². The second-order valence-corrected chi connectivity index (χ2v) is 6.31. The molecule has 15 heteroatoms. The highest BCUT2D eigenvalue weighted by Gasteiger charge is 2.34. The lowest BCUT2D eigenvalue weighted by molar-refractivity contribution is -0.139. The predicted octanol–water partition coefficient (Wildman–Crippen LogP) is 2.14. The van der Waals surface area contributed by atoms with Crippen LogP contribution in [0.5, 0.6) is 0 Å². The molecule has 3 rings (SSSR count). The maximum atomic E-state index is 12.9. The summed E-state index contributed by atoms with van der Waals surface area (Å²) in [4.78, 5) is 30.2. The third kappa shape index (κ3) is 6.32. The standard InChI is InChI=1S/C18H19F6N7O2/c19-17(20,21)11-9-26-16(27-10-11)31-6-4-30(5-7-31)14(32)2-1-3-25-13-8-12(18(22,23)24)15(33)29-28-13/h8-10H,1-7H2,(H,25,28)(H,29,33)/i4D2,5D2,6D2,7D2. The Morgan fingerprint density at radius 2 is 1.73 bits per heavy atom. The lowest BCUT2D eigenvalue weighted by Crippen LogP contribution is -2.49. The minimum absolute atomic E-state index is 0.166. The second kappa shape index (κ2) is 9.62. The summed E-state index contributed by atoms with van der Waals surface area (Å²) in [5.74, 6) is -3.04. The Kier molecular flexibility index (Phi) is 4.50. The minimum atomic E-state index is -4.99. The molecular formula is C18H19F6N7O2. The average Bonchev–Trinajstić information content (AvgIpc) is 2.80. The van der Waals surface area contributed by atoms with Gasteiger partial charge in [-0.05, 0) is 6.42 Å². The Morgan fingerprint density at radius 3 is 2.30 bits per heavy atom. The molecule has 2 aromatic heterocycles. The quantitative estimate of drug-likeness (QED) is 0.475. The zero-order chi connectivity index (χ0) is 31.4. The summed E-state index contributed by atoms with van der Waals surface area (Å²) in [6, 6.07) is 0.392. The topological polar surface area (TPSA) is 107 Å². The smallest absolute Gasteiger partial charge is 0.369 e. The van der Waals surface area contributed by atoms with E-state index in [9.17, 15) is 35.9 Å². The number of H-pyrrole nitrogens is 1. The van der Waals surface area contributed by atoms with E-state index < -0.39 is 79.1 Å². The lowest BCUT2D eigenvalue weighted by atomic mass is 10.2. The van der Waals surface area contributed by atoms with Crippen LogP contribution in [0.4, 0.5) is 38.1 Å². The van der Waals surface area contributed by atoms with Gasteiger partial charge >= 0.3 is 12.4 Å². The van der Waals surface area contributed by atoms with Crippen molar-refractivity contribution in [2.24, 2.45) is 0 Å². The van der Waals surface area contributed by atoms with Crippen LogP contribution in [0.25, 0.3) is 0 Å². The number of alkyl halides is 6. The van der Waals surface area contributed by atoms with E-state index in [-0.39, 0.29) is 35.2 Å². The molecule has 1 fully saturated rings. The van der Waals surface area contributed by atoms with Crippen LogP contribution in [0.15, 0.2) is 23.3 Å². The van der Waals surface area contributed by atoms with Crippen LogP contribution in [-0.2, 0) is 17.1 Å². The van der Waals surface area contributed by atoms with Gasteiger partial charge in [-0.15, -0.1) is 0 Å². The van der Waals surface area contributed by atoms with Crippen molar-refractivity contribution < 1.29 is 42.1 Å². The van der Waals surface area contributed by atoms with E-state index in [1.165, 1.54) is 0 Å². The fraction of sp³-hybridized carbons (Fsp3) is 0.500. The number of aromatic amines is 1. The van der Waals surface area contributed by atoms with E-state index in [0.717, 1.165) is 0 Å². The Morgan fingerprint density at radius 1 is 1.09 bits per heavy atom. The van der Waals surface area contributed by atoms with Gasteiger partial charge in [-0.2, -0.15) is 31.4 Å². The summed E-state index contributed by atoms with van der Waals surface area (Å²) in [5, 5.41) is 7.35. The Hall–Kier alpha value is -3.39. The summed E-state index contributed by atoms with van der Waals surface area (Å²) >= 11 is 0. The molecule has 0 saturated carbocycles. The van der Waals surface area contributed by atoms with Crippen LogP contribution in [0.2, 0.25) is 0 Å². The van der Waals surface area contributed by atoms with Gasteiger partial charge in [0.05, 0.1) is 16.5 Å². The van der Waals surface area contributed by atoms with Gasteiger partial charge in [0.25, 0.3) is 5.56 Å². The van der Waals surface area contributed by atoms with Crippen LogP contribution in [0.3, 0.4) is 0 Å². The van der Waals surface area contributed by atoms with E-state index in [1.807, 2.05) is 0 Å². The molecule has 0 spiro atoms. The molecule has 0 aromatic carbocycles. The van der Waals surface area contributed by atoms with E-state index in [2.05, 4.69) is 20.4 Å². The van der Waals surface area contributed by atoms with Gasteiger partial charge in [-0.1, -0.05) is 0 Å². The first-order valence-electron chi connectivity index (χ1n) is 12.9. The molecule has 0 unspecified atom stereocenters. The predicted molar refractivity (Wildman–Crippen MR) is 103 cm³/mol. The highest BCUT2D eigenvalue weighted by molar-refractivity contribution is 5.76. The number of aromatic nitrogens is 4. The van der Waals surface area contributed by atoms with Crippen molar-refractivity contribution in [2.45, 2.75) is 25.2 Å². The molecule has 1 aliphatic rings. The number of halogens is 6. The summed E-state index contributed by atoms with van der Waals surface area (Å²) in [6.07, 6.45) is -10.7. The molecule has 0 radical (unpaired) electrons. The highest BCUT2D eigenvalue weighted by atomic mass is 19.4. The summed E-state index contributed by atoms with van der Waals surface area (Å²) in [7, 11) is 0. The second-order valence-electron chi connectivity index (χ2n) is 6.31. The summed E-state index contributed by atoms with van der Waals surface area (Å²) < 4.78 is 143. The zero-order valence-electron chi connectivity index (χ0n) is 24.2. The van der Waals surface area contributed by atoms with Gasteiger partial charge in [0.15, 0.2) is 0 Å². The lowest BCUT2D eigenvalue weighted by Gasteiger charge is -2.34. The normalized spacial score (nSPS) is 24.7. The molecule has 1 saturated heterocycles. The van der Waals surface area contributed by atoms with Crippen molar-refractivity contribution in [3.05, 3.63) is 39.9 Å². The third-order valence-electron chi connectivity index (χ3n) is 3.94. The molecule has 2 N–H and O–H groups in total. The minimum Gasteiger partial charge on any atom is -0.369 e. The molecule has 0 bridgehead atoms. The Balaban J connectivity index is 1.83. The molecule has 1 amide bonds. The number of hydrogen-bond donors (Lipinski definition) is 2. The Labute approximate surface area is 194 Å². The van der Waals surface area contributed by atoms with Crippen molar-refractivity contribution in [3.8, 4) is 0 Å². The van der Waals surface area contributed by atoms with Crippen molar-refractivity contribution in [3.63, 3.8) is 0 Å². The van der Waals surface area contributed by atoms with Gasteiger partial charge < -0.3 is 15.1 Å². The summed E-state index contributed by atoms with van der Waals surface area (Å²) in [5.41, 5.74) is -4.47. The fourth-order valence-electron chi connectivity index (χ4n) is 2.34. The Bertz CT molecular complexity index is 1330. The van der Waals surface area contributed by atoms with Gasteiger partial charge in [-0.25, -0.2) is 15.1 Å². The largest absolute Gasteiger partial charge is 0.421 e. The summed E-state index contributed by atoms with van der Waals surface area (Å²) in [6.45, 7) is -15.0. The number of hydrogen-bond acceptors (Lipinski definition) is 7. The van der Waals surface area contributed by atoms with E-state index >= 15 is 0 Å². The number of nitrogens with zero attached hydrogens (tertiary/aromatic N) is 5. The molecule has 1 aliphatic heterocycles. The number of amides is 1. The molecule has 2 aromatic rings. The highest BCUT2D eigenvalue weighted by Crippen LogP contribution is 2.29. The van der Waals surface area contributed by atoms with Crippen molar-refractivity contribution in [2.75, 3.05) is 42.7 Å². The van der Waals surface area contributed by atoms with Crippen LogP contribution >= 0.6 is 0 Å². The van der Waals surface area contributed by atoms with Crippen molar-refractivity contribution >= 4 is 17.7 Å². The monoisotopic (exact) mass is 487 g/mol. The first kappa shape index (κ1) is 15.4. The SMILES string of the molecule is [2H]C1([2H])N(C(=O)CCCNc2cc(C(F)(F)F)c(=O)[nH]n2)C([2H])([2H])C([2H])([2H])N(c2ncc(C(F)(F)F)cn2)C1([2H])[2H]. The molecule has 3 heterocycles. The number of rotatable bonds is 6. The van der Waals surface area contributed by atoms with E-state index in [0.29, 0.717) is 6.07 Å². The molecule has 0 atom stereocenters. The number of carbonyl (C=O) groups is 1. The van der Waals surface area contributed by atoms with E-state index in [4.69, 9.17) is 11.0 Å².